The molecule has 0 atom stereocenters. The van der Waals surface area contributed by atoms with Gasteiger partial charge in [0.1, 0.15) is 11.6 Å². The molecule has 0 saturated heterocycles. The molecule has 0 amide bonds. The maximum Gasteiger partial charge on any atom is 0.321 e. The Balaban J connectivity index is 1.58. The first-order valence-electron chi connectivity index (χ1n) is 6.84. The van der Waals surface area contributed by atoms with Gasteiger partial charge in [-0.2, -0.15) is 0 Å². The van der Waals surface area contributed by atoms with E-state index < -0.39 is 0 Å². The first-order valence-corrected chi connectivity index (χ1v) is 6.84. The average molecular weight is 307 g/mol. The normalized spacial score (nSPS) is 10.8. The van der Waals surface area contributed by atoms with Crippen molar-refractivity contribution < 1.29 is 9.13 Å². The molecule has 0 aliphatic carbocycles. The van der Waals surface area contributed by atoms with E-state index in [-0.39, 0.29) is 11.8 Å². The van der Waals surface area contributed by atoms with Crippen LogP contribution in [0.25, 0.3) is 16.6 Å². The van der Waals surface area contributed by atoms with Crippen molar-refractivity contribution in [2.24, 2.45) is 0 Å². The number of benzene rings is 1. The van der Waals surface area contributed by atoms with Gasteiger partial charge in [0, 0.05) is 29.7 Å². The second-order valence-corrected chi connectivity index (χ2v) is 4.83. The predicted octanol–water partition coefficient (Wildman–Crippen LogP) is 3.12. The summed E-state index contributed by atoms with van der Waals surface area (Å²) < 4.78 is 20.0. The van der Waals surface area contributed by atoms with Gasteiger partial charge >= 0.3 is 6.01 Å². The standard InChI is InChI=1S/C16H10FN5O/c17-13-2-5-15(6-3-13)23-16-18-7-12(8-19-16)11-1-4-14-9-20-21-22(14)10-11/h1-10H. The van der Waals surface area contributed by atoms with Gasteiger partial charge in [-0.05, 0) is 30.3 Å². The third kappa shape index (κ3) is 2.71. The Morgan fingerprint density at radius 3 is 2.43 bits per heavy atom. The van der Waals surface area contributed by atoms with Crippen molar-refractivity contribution in [1.29, 1.82) is 0 Å². The maximum absolute atomic E-state index is 12.9. The van der Waals surface area contributed by atoms with E-state index in [2.05, 4.69) is 20.3 Å². The molecule has 0 radical (unpaired) electrons. The van der Waals surface area contributed by atoms with E-state index in [9.17, 15) is 4.39 Å². The van der Waals surface area contributed by atoms with Crippen LogP contribution in [-0.4, -0.2) is 24.8 Å². The smallest absolute Gasteiger partial charge is 0.321 e. The lowest BCUT2D eigenvalue weighted by molar-refractivity contribution is 0.440. The summed E-state index contributed by atoms with van der Waals surface area (Å²) in [5, 5.41) is 7.79. The van der Waals surface area contributed by atoms with Gasteiger partial charge in [-0.25, -0.2) is 18.9 Å². The molecule has 0 fully saturated rings. The van der Waals surface area contributed by atoms with Crippen molar-refractivity contribution in [1.82, 2.24) is 24.8 Å². The summed E-state index contributed by atoms with van der Waals surface area (Å²) in [5.41, 5.74) is 2.65. The number of pyridine rings is 1. The molecule has 23 heavy (non-hydrogen) atoms. The molecule has 4 rings (SSSR count). The molecule has 0 unspecified atom stereocenters. The zero-order valence-corrected chi connectivity index (χ0v) is 11.8. The lowest BCUT2D eigenvalue weighted by Crippen LogP contribution is -1.93. The van der Waals surface area contributed by atoms with Gasteiger partial charge in [0.15, 0.2) is 0 Å². The molecule has 7 heteroatoms. The highest BCUT2D eigenvalue weighted by molar-refractivity contribution is 5.63. The number of ether oxygens (including phenoxy) is 1. The third-order valence-corrected chi connectivity index (χ3v) is 3.28. The van der Waals surface area contributed by atoms with Gasteiger partial charge in [0.2, 0.25) is 0 Å². The number of halogens is 1. The summed E-state index contributed by atoms with van der Waals surface area (Å²) in [5.74, 6) is 0.153. The van der Waals surface area contributed by atoms with Crippen LogP contribution in [-0.2, 0) is 0 Å². The molecule has 0 aliphatic heterocycles. The number of hydrogen-bond acceptors (Lipinski definition) is 5. The molecule has 0 N–H and O–H groups in total. The molecule has 0 bridgehead atoms. The Kier molecular flexibility index (Phi) is 3.16. The molecule has 0 aliphatic rings. The van der Waals surface area contributed by atoms with Crippen LogP contribution in [0.1, 0.15) is 0 Å². The summed E-state index contributed by atoms with van der Waals surface area (Å²) in [6.45, 7) is 0. The Labute approximate surface area is 130 Å². The number of hydrogen-bond donors (Lipinski definition) is 0. The van der Waals surface area contributed by atoms with Crippen molar-refractivity contribution in [2.75, 3.05) is 0 Å². The monoisotopic (exact) mass is 307 g/mol. The predicted molar refractivity (Wildman–Crippen MR) is 80.5 cm³/mol. The number of fused-ring (bicyclic) bond motifs is 1. The largest absolute Gasteiger partial charge is 0.424 e. The minimum atomic E-state index is -0.322. The van der Waals surface area contributed by atoms with Gasteiger partial charge in [-0.1, -0.05) is 11.3 Å². The van der Waals surface area contributed by atoms with Crippen LogP contribution in [0.2, 0.25) is 0 Å². The second-order valence-electron chi connectivity index (χ2n) is 4.83. The summed E-state index contributed by atoms with van der Waals surface area (Å²) in [6, 6.07) is 9.72. The molecule has 4 aromatic rings. The first kappa shape index (κ1) is 13.3. The summed E-state index contributed by atoms with van der Waals surface area (Å²) in [4.78, 5) is 8.34. The molecular formula is C16H10FN5O. The second kappa shape index (κ2) is 5.45. The van der Waals surface area contributed by atoms with Crippen LogP contribution in [0.15, 0.2) is 61.2 Å². The Hall–Kier alpha value is -3.35. The van der Waals surface area contributed by atoms with Crippen LogP contribution in [0.5, 0.6) is 11.8 Å². The van der Waals surface area contributed by atoms with Crippen LogP contribution >= 0.6 is 0 Å². The maximum atomic E-state index is 12.9. The number of nitrogens with zero attached hydrogens (tertiary/aromatic N) is 5. The van der Waals surface area contributed by atoms with Crippen molar-refractivity contribution in [2.45, 2.75) is 0 Å². The van der Waals surface area contributed by atoms with E-state index in [1.807, 2.05) is 18.3 Å². The van der Waals surface area contributed by atoms with Crippen molar-refractivity contribution in [3.05, 3.63) is 67.0 Å². The van der Waals surface area contributed by atoms with Crippen molar-refractivity contribution in [3.63, 3.8) is 0 Å². The molecule has 6 nitrogen and oxygen atoms in total. The van der Waals surface area contributed by atoms with Crippen LogP contribution in [0.3, 0.4) is 0 Å². The highest BCUT2D eigenvalue weighted by Gasteiger charge is 2.05. The van der Waals surface area contributed by atoms with Crippen molar-refractivity contribution >= 4 is 5.52 Å². The number of rotatable bonds is 3. The Bertz CT molecular complexity index is 950. The van der Waals surface area contributed by atoms with E-state index in [1.165, 1.54) is 24.3 Å². The lowest BCUT2D eigenvalue weighted by atomic mass is 10.1. The molecule has 0 spiro atoms. The van der Waals surface area contributed by atoms with E-state index in [4.69, 9.17) is 4.74 Å². The van der Waals surface area contributed by atoms with Crippen LogP contribution in [0.4, 0.5) is 4.39 Å². The minimum Gasteiger partial charge on any atom is -0.424 e. The molecule has 1 aromatic carbocycles. The molecule has 3 aromatic heterocycles. The topological polar surface area (TPSA) is 65.2 Å². The van der Waals surface area contributed by atoms with Crippen LogP contribution < -0.4 is 4.74 Å². The first-order chi connectivity index (χ1) is 11.3. The summed E-state index contributed by atoms with van der Waals surface area (Å²) in [7, 11) is 0. The van der Waals surface area contributed by atoms with Gasteiger partial charge < -0.3 is 4.74 Å². The Morgan fingerprint density at radius 2 is 1.65 bits per heavy atom. The molecule has 3 heterocycles. The highest BCUT2D eigenvalue weighted by atomic mass is 19.1. The SMILES string of the molecule is Fc1ccc(Oc2ncc(-c3ccc4cnnn4c3)cn2)cc1. The minimum absolute atomic E-state index is 0.196. The van der Waals surface area contributed by atoms with E-state index in [1.54, 1.807) is 23.1 Å². The Morgan fingerprint density at radius 1 is 0.870 bits per heavy atom. The van der Waals surface area contributed by atoms with Crippen molar-refractivity contribution in [3.8, 4) is 22.9 Å². The quantitative estimate of drug-likeness (QED) is 0.582. The van der Waals surface area contributed by atoms with Gasteiger partial charge in [0.25, 0.3) is 0 Å². The van der Waals surface area contributed by atoms with E-state index in [0.29, 0.717) is 5.75 Å². The zero-order valence-electron chi connectivity index (χ0n) is 11.8. The molecular weight excluding hydrogens is 297 g/mol. The fraction of sp³-hybridized carbons (Fsp3) is 0. The van der Waals surface area contributed by atoms with Gasteiger partial charge in [-0.3, -0.25) is 0 Å². The fourth-order valence-electron chi connectivity index (χ4n) is 2.12. The zero-order chi connectivity index (χ0) is 15.6. The number of aromatic nitrogens is 5. The van der Waals surface area contributed by atoms with Gasteiger partial charge in [-0.15, -0.1) is 5.10 Å². The van der Waals surface area contributed by atoms with E-state index in [0.717, 1.165) is 16.6 Å². The highest BCUT2D eigenvalue weighted by Crippen LogP contribution is 2.21. The lowest BCUT2D eigenvalue weighted by Gasteiger charge is -2.05. The van der Waals surface area contributed by atoms with Crippen LogP contribution in [0, 0.1) is 5.82 Å². The fourth-order valence-corrected chi connectivity index (χ4v) is 2.12. The summed E-state index contributed by atoms with van der Waals surface area (Å²) >= 11 is 0. The average Bonchev–Trinajstić information content (AvgIpc) is 3.05. The molecule has 0 saturated carbocycles. The van der Waals surface area contributed by atoms with E-state index >= 15 is 0 Å². The third-order valence-electron chi connectivity index (χ3n) is 3.28. The van der Waals surface area contributed by atoms with Gasteiger partial charge in [0.05, 0.1) is 11.7 Å². The summed E-state index contributed by atoms with van der Waals surface area (Å²) in [6.07, 6.45) is 6.84. The molecule has 112 valence electrons.